The smallest absolute Gasteiger partial charge is 0.0345 e. The van der Waals surface area contributed by atoms with E-state index in [1.807, 2.05) is 11.3 Å². The zero-order valence-corrected chi connectivity index (χ0v) is 11.0. The Morgan fingerprint density at radius 3 is 3.18 bits per heavy atom. The first-order valence-corrected chi connectivity index (χ1v) is 7.08. The molecule has 0 saturated carbocycles. The monoisotopic (exact) mass is 246 g/mol. The zero-order chi connectivity index (χ0) is 11.7. The topological polar surface area (TPSA) is 15.3 Å². The summed E-state index contributed by atoms with van der Waals surface area (Å²) in [6.07, 6.45) is 1.15. The van der Waals surface area contributed by atoms with Crippen molar-refractivity contribution in [1.82, 2.24) is 10.2 Å². The van der Waals surface area contributed by atoms with Gasteiger partial charge in [0.2, 0.25) is 0 Å². The number of piperazine rings is 1. The summed E-state index contributed by atoms with van der Waals surface area (Å²) in [7, 11) is 2.21. The minimum atomic E-state index is 0.603. The van der Waals surface area contributed by atoms with Crippen molar-refractivity contribution in [3.63, 3.8) is 0 Å². The molecule has 1 unspecified atom stereocenters. The molecule has 17 heavy (non-hydrogen) atoms. The maximum atomic E-state index is 3.62. The number of rotatable bonds is 2. The largest absolute Gasteiger partial charge is 0.311 e. The van der Waals surface area contributed by atoms with Crippen molar-refractivity contribution in [2.45, 2.75) is 12.5 Å². The number of fused-ring (bicyclic) bond motifs is 1. The van der Waals surface area contributed by atoms with Gasteiger partial charge in [0.25, 0.3) is 0 Å². The molecule has 0 radical (unpaired) electrons. The van der Waals surface area contributed by atoms with E-state index in [1.165, 1.54) is 22.2 Å². The van der Waals surface area contributed by atoms with Gasteiger partial charge in [0, 0.05) is 30.4 Å². The Kier molecular flexibility index (Phi) is 3.14. The van der Waals surface area contributed by atoms with Gasteiger partial charge in [-0.3, -0.25) is 0 Å². The lowest BCUT2D eigenvalue weighted by Gasteiger charge is -2.30. The van der Waals surface area contributed by atoms with Crippen LogP contribution >= 0.6 is 11.3 Å². The van der Waals surface area contributed by atoms with Crippen LogP contribution in [-0.4, -0.2) is 37.6 Å². The van der Waals surface area contributed by atoms with Crippen LogP contribution in [-0.2, 0) is 6.42 Å². The molecule has 2 aromatic rings. The summed E-state index contributed by atoms with van der Waals surface area (Å²) in [5, 5.41) is 7.37. The first-order chi connectivity index (χ1) is 8.33. The molecule has 1 atom stereocenters. The van der Waals surface area contributed by atoms with Crippen molar-refractivity contribution in [3.8, 4) is 0 Å². The molecule has 0 amide bonds. The van der Waals surface area contributed by atoms with Crippen molar-refractivity contribution in [2.24, 2.45) is 0 Å². The van der Waals surface area contributed by atoms with Crippen LogP contribution in [0.15, 0.2) is 29.6 Å². The quantitative estimate of drug-likeness (QED) is 0.875. The second-order valence-corrected chi connectivity index (χ2v) is 5.79. The molecule has 2 heterocycles. The highest BCUT2D eigenvalue weighted by Crippen LogP contribution is 2.26. The normalized spacial score (nSPS) is 22.1. The number of hydrogen-bond acceptors (Lipinski definition) is 3. The molecule has 3 rings (SSSR count). The van der Waals surface area contributed by atoms with E-state index in [1.54, 1.807) is 0 Å². The van der Waals surface area contributed by atoms with E-state index in [-0.39, 0.29) is 0 Å². The second-order valence-electron chi connectivity index (χ2n) is 4.87. The van der Waals surface area contributed by atoms with Gasteiger partial charge in [-0.1, -0.05) is 18.2 Å². The first-order valence-electron chi connectivity index (χ1n) is 6.20. The van der Waals surface area contributed by atoms with E-state index in [9.17, 15) is 0 Å². The van der Waals surface area contributed by atoms with E-state index in [0.717, 1.165) is 19.5 Å². The highest BCUT2D eigenvalue weighted by Gasteiger charge is 2.17. The SMILES string of the molecule is CN1CCNC(Cc2csc3ccccc23)C1. The van der Waals surface area contributed by atoms with Crippen LogP contribution in [0.1, 0.15) is 5.56 Å². The molecule has 1 N–H and O–H groups in total. The third-order valence-corrected chi connectivity index (χ3v) is 4.50. The molecule has 1 aromatic heterocycles. The van der Waals surface area contributed by atoms with Crippen LogP contribution < -0.4 is 5.32 Å². The number of thiophene rings is 1. The van der Waals surface area contributed by atoms with Crippen LogP contribution in [0.5, 0.6) is 0 Å². The van der Waals surface area contributed by atoms with Crippen molar-refractivity contribution >= 4 is 21.4 Å². The van der Waals surface area contributed by atoms with Gasteiger partial charge in [-0.2, -0.15) is 0 Å². The van der Waals surface area contributed by atoms with Gasteiger partial charge in [0.05, 0.1) is 0 Å². The van der Waals surface area contributed by atoms with Gasteiger partial charge >= 0.3 is 0 Å². The molecule has 2 nitrogen and oxygen atoms in total. The van der Waals surface area contributed by atoms with E-state index < -0.39 is 0 Å². The Hall–Kier alpha value is -0.900. The average Bonchev–Trinajstić information content (AvgIpc) is 2.73. The summed E-state index contributed by atoms with van der Waals surface area (Å²) in [6.45, 7) is 3.44. The highest BCUT2D eigenvalue weighted by atomic mass is 32.1. The summed E-state index contributed by atoms with van der Waals surface area (Å²) in [5.41, 5.74) is 1.50. The summed E-state index contributed by atoms with van der Waals surface area (Å²) in [4.78, 5) is 2.41. The van der Waals surface area contributed by atoms with E-state index in [2.05, 4.69) is 46.9 Å². The van der Waals surface area contributed by atoms with Gasteiger partial charge in [0.1, 0.15) is 0 Å². The molecular formula is C14H18N2S. The summed E-state index contributed by atoms with van der Waals surface area (Å²) < 4.78 is 1.41. The highest BCUT2D eigenvalue weighted by molar-refractivity contribution is 7.17. The van der Waals surface area contributed by atoms with Gasteiger partial charge in [-0.25, -0.2) is 0 Å². The summed E-state index contributed by atoms with van der Waals surface area (Å²) >= 11 is 1.86. The molecule has 3 heteroatoms. The average molecular weight is 246 g/mol. The summed E-state index contributed by atoms with van der Waals surface area (Å²) in [6, 6.07) is 9.32. The van der Waals surface area contributed by atoms with Crippen molar-refractivity contribution in [2.75, 3.05) is 26.7 Å². The minimum absolute atomic E-state index is 0.603. The van der Waals surface area contributed by atoms with Crippen LogP contribution in [0.4, 0.5) is 0 Å². The van der Waals surface area contributed by atoms with Crippen molar-refractivity contribution < 1.29 is 0 Å². The van der Waals surface area contributed by atoms with Gasteiger partial charge in [-0.05, 0) is 35.9 Å². The Morgan fingerprint density at radius 1 is 1.41 bits per heavy atom. The van der Waals surface area contributed by atoms with Crippen molar-refractivity contribution in [1.29, 1.82) is 0 Å². The number of nitrogens with zero attached hydrogens (tertiary/aromatic N) is 1. The van der Waals surface area contributed by atoms with Crippen LogP contribution in [0.25, 0.3) is 10.1 Å². The Balaban J connectivity index is 1.80. The van der Waals surface area contributed by atoms with Gasteiger partial charge in [-0.15, -0.1) is 11.3 Å². The Bertz CT molecular complexity index is 506. The lowest BCUT2D eigenvalue weighted by molar-refractivity contribution is 0.238. The number of nitrogens with one attached hydrogen (secondary N) is 1. The number of hydrogen-bond donors (Lipinski definition) is 1. The maximum Gasteiger partial charge on any atom is 0.0345 e. The van der Waals surface area contributed by atoms with Crippen molar-refractivity contribution in [3.05, 3.63) is 35.2 Å². The second kappa shape index (κ2) is 4.77. The third-order valence-electron chi connectivity index (χ3n) is 3.49. The van der Waals surface area contributed by atoms with E-state index >= 15 is 0 Å². The molecule has 0 bridgehead atoms. The fourth-order valence-electron chi connectivity index (χ4n) is 2.58. The minimum Gasteiger partial charge on any atom is -0.311 e. The lowest BCUT2D eigenvalue weighted by atomic mass is 10.0. The fraction of sp³-hybridized carbons (Fsp3) is 0.429. The first kappa shape index (κ1) is 11.2. The van der Waals surface area contributed by atoms with Crippen LogP contribution in [0, 0.1) is 0 Å². The molecule has 0 aliphatic carbocycles. The predicted molar refractivity (Wildman–Crippen MR) is 74.8 cm³/mol. The number of likely N-dealkylation sites (N-methyl/N-ethyl adjacent to an activating group) is 1. The maximum absolute atomic E-state index is 3.62. The van der Waals surface area contributed by atoms with Gasteiger partial charge in [0.15, 0.2) is 0 Å². The third kappa shape index (κ3) is 2.37. The van der Waals surface area contributed by atoms with Crippen LogP contribution in [0.2, 0.25) is 0 Å². The molecule has 1 aliphatic heterocycles. The van der Waals surface area contributed by atoms with E-state index in [4.69, 9.17) is 0 Å². The Labute approximate surface area is 106 Å². The molecular weight excluding hydrogens is 228 g/mol. The van der Waals surface area contributed by atoms with Gasteiger partial charge < -0.3 is 10.2 Å². The molecule has 90 valence electrons. The molecule has 1 saturated heterocycles. The van der Waals surface area contributed by atoms with E-state index in [0.29, 0.717) is 6.04 Å². The molecule has 1 aliphatic rings. The zero-order valence-electron chi connectivity index (χ0n) is 10.1. The number of benzene rings is 1. The standard InChI is InChI=1S/C14H18N2S/c1-16-7-6-15-12(9-16)8-11-10-17-14-5-3-2-4-13(11)14/h2-5,10,12,15H,6-9H2,1H3. The molecule has 1 aromatic carbocycles. The molecule has 0 spiro atoms. The van der Waals surface area contributed by atoms with Crippen LogP contribution in [0.3, 0.4) is 0 Å². The lowest BCUT2D eigenvalue weighted by Crippen LogP contribution is -2.49. The summed E-state index contributed by atoms with van der Waals surface area (Å²) in [5.74, 6) is 0. The molecule has 1 fully saturated rings. The predicted octanol–water partition coefficient (Wildman–Crippen LogP) is 2.35. The fourth-order valence-corrected chi connectivity index (χ4v) is 3.56. The Morgan fingerprint density at radius 2 is 2.29 bits per heavy atom.